The van der Waals surface area contributed by atoms with Crippen molar-refractivity contribution in [1.29, 1.82) is 0 Å². The molecule has 2 aromatic rings. The summed E-state index contributed by atoms with van der Waals surface area (Å²) in [4.78, 5) is 43.3. The van der Waals surface area contributed by atoms with Crippen LogP contribution in [-0.2, 0) is 20.8 Å². The molecule has 1 unspecified atom stereocenters. The number of fused-ring (bicyclic) bond motifs is 1. The summed E-state index contributed by atoms with van der Waals surface area (Å²) in [5.41, 5.74) is 2.04. The van der Waals surface area contributed by atoms with Crippen LogP contribution in [0.25, 0.3) is 10.9 Å². The molecule has 29 heavy (non-hydrogen) atoms. The Hall–Kier alpha value is -2.96. The number of carboxylic acid groups (broad SMARTS) is 1. The fourth-order valence-electron chi connectivity index (χ4n) is 4.06. The summed E-state index contributed by atoms with van der Waals surface area (Å²) >= 11 is 0. The first kappa shape index (κ1) is 20.8. The molecule has 0 radical (unpaired) electrons. The van der Waals surface area contributed by atoms with Crippen molar-refractivity contribution in [3.63, 3.8) is 0 Å². The van der Waals surface area contributed by atoms with Gasteiger partial charge in [0.2, 0.25) is 11.8 Å². The fourth-order valence-corrected chi connectivity index (χ4v) is 4.06. The van der Waals surface area contributed by atoms with E-state index in [0.29, 0.717) is 38.8 Å². The van der Waals surface area contributed by atoms with Crippen LogP contribution < -0.4 is 0 Å². The van der Waals surface area contributed by atoms with Gasteiger partial charge >= 0.3 is 5.97 Å². The zero-order valence-electron chi connectivity index (χ0n) is 16.7. The van der Waals surface area contributed by atoms with E-state index >= 15 is 0 Å². The molecule has 1 saturated heterocycles. The number of hydrogen-bond donors (Lipinski definition) is 1. The van der Waals surface area contributed by atoms with Crippen molar-refractivity contribution < 1.29 is 19.5 Å². The molecule has 2 heterocycles. The van der Waals surface area contributed by atoms with E-state index in [0.717, 1.165) is 22.9 Å². The molecule has 1 fully saturated rings. The van der Waals surface area contributed by atoms with Crippen LogP contribution in [0.1, 0.15) is 38.2 Å². The third kappa shape index (κ3) is 5.31. The van der Waals surface area contributed by atoms with Gasteiger partial charge < -0.3 is 14.9 Å². The molecule has 0 aliphatic carbocycles. The van der Waals surface area contributed by atoms with E-state index in [4.69, 9.17) is 5.11 Å². The molecule has 7 heteroatoms. The van der Waals surface area contributed by atoms with Crippen molar-refractivity contribution in [3.05, 3.63) is 42.1 Å². The van der Waals surface area contributed by atoms with Crippen molar-refractivity contribution in [2.45, 2.75) is 45.1 Å². The number of aliphatic carboxylic acids is 1. The summed E-state index contributed by atoms with van der Waals surface area (Å²) in [7, 11) is 0. The zero-order chi connectivity index (χ0) is 20.8. The Bertz CT molecular complexity index is 893. The summed E-state index contributed by atoms with van der Waals surface area (Å²) < 4.78 is 0. The monoisotopic (exact) mass is 397 g/mol. The Morgan fingerprint density at radius 2 is 1.97 bits per heavy atom. The summed E-state index contributed by atoms with van der Waals surface area (Å²) in [6.45, 7) is 2.30. The predicted octanol–water partition coefficient (Wildman–Crippen LogP) is 2.48. The second-order valence-electron chi connectivity index (χ2n) is 7.49. The van der Waals surface area contributed by atoms with Crippen molar-refractivity contribution in [1.82, 2.24) is 14.8 Å². The SMILES string of the molecule is CC(=O)N(CC(=O)O)C1CCCN(C(=O)CCc2ccnc3ccccc23)CC1. The van der Waals surface area contributed by atoms with E-state index in [1.165, 1.54) is 11.8 Å². The maximum absolute atomic E-state index is 12.8. The number of rotatable bonds is 6. The lowest BCUT2D eigenvalue weighted by Crippen LogP contribution is -2.43. The number of hydrogen-bond acceptors (Lipinski definition) is 4. The Kier molecular flexibility index (Phi) is 6.80. The molecule has 0 spiro atoms. The van der Waals surface area contributed by atoms with Gasteiger partial charge in [0.1, 0.15) is 6.54 Å². The van der Waals surface area contributed by atoms with Gasteiger partial charge in [0, 0.05) is 44.1 Å². The van der Waals surface area contributed by atoms with Crippen LogP contribution in [0.15, 0.2) is 36.5 Å². The number of carbonyl (C=O) groups is 3. The maximum atomic E-state index is 12.8. The van der Waals surface area contributed by atoms with Crippen LogP contribution in [0, 0.1) is 0 Å². The standard InChI is InChI=1S/C22H27N3O4/c1-16(26)25(15-22(28)29)18-5-4-13-24(14-11-18)21(27)9-8-17-10-12-23-20-7-3-2-6-19(17)20/h2-3,6-7,10,12,18H,4-5,8-9,11,13-15H2,1H3,(H,28,29). The number of carbonyl (C=O) groups excluding carboxylic acids is 2. The third-order valence-electron chi connectivity index (χ3n) is 5.55. The third-order valence-corrected chi connectivity index (χ3v) is 5.55. The van der Waals surface area contributed by atoms with Crippen LogP contribution in [0.2, 0.25) is 0 Å². The second kappa shape index (κ2) is 9.49. The number of nitrogens with zero attached hydrogens (tertiary/aromatic N) is 3. The molecule has 1 aromatic carbocycles. The van der Waals surface area contributed by atoms with Crippen molar-refractivity contribution in [3.8, 4) is 0 Å². The summed E-state index contributed by atoms with van der Waals surface area (Å²) in [5, 5.41) is 10.1. The molecule has 1 aliphatic heterocycles. The van der Waals surface area contributed by atoms with Crippen LogP contribution in [-0.4, -0.2) is 63.4 Å². The summed E-state index contributed by atoms with van der Waals surface area (Å²) in [6, 6.07) is 9.75. The van der Waals surface area contributed by atoms with Crippen molar-refractivity contribution in [2.24, 2.45) is 0 Å². The molecule has 1 aromatic heterocycles. The van der Waals surface area contributed by atoms with E-state index in [9.17, 15) is 14.4 Å². The molecule has 3 rings (SSSR count). The molecule has 0 bridgehead atoms. The normalized spacial score (nSPS) is 17.0. The van der Waals surface area contributed by atoms with Gasteiger partial charge in [-0.1, -0.05) is 18.2 Å². The first-order chi connectivity index (χ1) is 14.0. The van der Waals surface area contributed by atoms with Gasteiger partial charge in [0.15, 0.2) is 0 Å². The lowest BCUT2D eigenvalue weighted by Gasteiger charge is -2.28. The minimum atomic E-state index is -1.01. The molecular formula is C22H27N3O4. The van der Waals surface area contributed by atoms with Crippen LogP contribution >= 0.6 is 0 Å². The lowest BCUT2D eigenvalue weighted by atomic mass is 10.0. The van der Waals surface area contributed by atoms with E-state index in [1.54, 1.807) is 6.20 Å². The minimum Gasteiger partial charge on any atom is -0.480 e. The largest absolute Gasteiger partial charge is 0.480 e. The van der Waals surface area contributed by atoms with Crippen molar-refractivity contribution >= 4 is 28.7 Å². The Labute approximate surface area is 170 Å². The van der Waals surface area contributed by atoms with Crippen LogP contribution in [0.3, 0.4) is 0 Å². The van der Waals surface area contributed by atoms with Gasteiger partial charge in [-0.3, -0.25) is 19.4 Å². The number of para-hydroxylation sites is 1. The first-order valence-electron chi connectivity index (χ1n) is 10.0. The number of carboxylic acids is 1. The second-order valence-corrected chi connectivity index (χ2v) is 7.49. The average Bonchev–Trinajstić information content (AvgIpc) is 2.96. The molecule has 154 valence electrons. The molecular weight excluding hydrogens is 370 g/mol. The number of amides is 2. The Balaban J connectivity index is 1.59. The molecule has 1 atom stereocenters. The highest BCUT2D eigenvalue weighted by Crippen LogP contribution is 2.20. The predicted molar refractivity (Wildman–Crippen MR) is 109 cm³/mol. The van der Waals surface area contributed by atoms with E-state index in [-0.39, 0.29) is 24.4 Å². The Morgan fingerprint density at radius 1 is 1.17 bits per heavy atom. The number of aryl methyl sites for hydroxylation is 1. The van der Waals surface area contributed by atoms with Crippen LogP contribution in [0.4, 0.5) is 0 Å². The number of pyridine rings is 1. The number of likely N-dealkylation sites (tertiary alicyclic amines) is 1. The van der Waals surface area contributed by atoms with E-state index in [2.05, 4.69) is 4.98 Å². The molecule has 0 saturated carbocycles. The fraction of sp³-hybridized carbons (Fsp3) is 0.455. The highest BCUT2D eigenvalue weighted by molar-refractivity contribution is 5.83. The summed E-state index contributed by atoms with van der Waals surface area (Å²) in [6.07, 6.45) is 4.93. The van der Waals surface area contributed by atoms with E-state index in [1.807, 2.05) is 35.2 Å². The Morgan fingerprint density at radius 3 is 2.72 bits per heavy atom. The quantitative estimate of drug-likeness (QED) is 0.809. The first-order valence-corrected chi connectivity index (χ1v) is 10.0. The smallest absolute Gasteiger partial charge is 0.323 e. The molecule has 7 nitrogen and oxygen atoms in total. The number of benzene rings is 1. The van der Waals surface area contributed by atoms with Gasteiger partial charge in [-0.05, 0) is 43.4 Å². The highest BCUT2D eigenvalue weighted by Gasteiger charge is 2.27. The van der Waals surface area contributed by atoms with Gasteiger partial charge in [-0.2, -0.15) is 0 Å². The highest BCUT2D eigenvalue weighted by atomic mass is 16.4. The average molecular weight is 397 g/mol. The minimum absolute atomic E-state index is 0.0964. The molecule has 1 aliphatic rings. The van der Waals surface area contributed by atoms with Gasteiger partial charge in [0.25, 0.3) is 0 Å². The van der Waals surface area contributed by atoms with Gasteiger partial charge in [-0.25, -0.2) is 0 Å². The summed E-state index contributed by atoms with van der Waals surface area (Å²) in [5.74, 6) is -1.15. The zero-order valence-corrected chi connectivity index (χ0v) is 16.7. The maximum Gasteiger partial charge on any atom is 0.323 e. The molecule has 1 N–H and O–H groups in total. The topological polar surface area (TPSA) is 90.8 Å². The van der Waals surface area contributed by atoms with Gasteiger partial charge in [-0.15, -0.1) is 0 Å². The van der Waals surface area contributed by atoms with E-state index < -0.39 is 5.97 Å². The van der Waals surface area contributed by atoms with Crippen molar-refractivity contribution in [2.75, 3.05) is 19.6 Å². The van der Waals surface area contributed by atoms with Crippen LogP contribution in [0.5, 0.6) is 0 Å². The molecule has 2 amide bonds. The van der Waals surface area contributed by atoms with Gasteiger partial charge in [0.05, 0.1) is 5.52 Å². The number of aromatic nitrogens is 1. The lowest BCUT2D eigenvalue weighted by molar-refractivity contribution is -0.145.